The molecule has 4 aromatic rings. The Balaban J connectivity index is 1.63. The van der Waals surface area contributed by atoms with Crippen LogP contribution in [0, 0.1) is 5.92 Å². The molecule has 2 heteroatoms. The Labute approximate surface area is 197 Å². The van der Waals surface area contributed by atoms with Gasteiger partial charge in [-0.2, -0.15) is 0 Å². The van der Waals surface area contributed by atoms with Crippen LogP contribution in [0.2, 0.25) is 0 Å². The van der Waals surface area contributed by atoms with Gasteiger partial charge in [-0.1, -0.05) is 93.3 Å². The van der Waals surface area contributed by atoms with Crippen LogP contribution in [0.1, 0.15) is 50.2 Å². The lowest BCUT2D eigenvalue weighted by Gasteiger charge is -2.30. The van der Waals surface area contributed by atoms with Gasteiger partial charge in [-0.05, 0) is 49.4 Å². The molecule has 0 radical (unpaired) electrons. The van der Waals surface area contributed by atoms with Gasteiger partial charge < -0.3 is 9.47 Å². The van der Waals surface area contributed by atoms with Crippen LogP contribution < -0.4 is 9.47 Å². The quantitative estimate of drug-likeness (QED) is 0.256. The van der Waals surface area contributed by atoms with Gasteiger partial charge >= 0.3 is 0 Å². The zero-order valence-corrected chi connectivity index (χ0v) is 19.4. The Hall–Kier alpha value is -3.26. The second-order valence-corrected chi connectivity index (χ2v) is 9.10. The average Bonchev–Trinajstić information content (AvgIpc) is 2.87. The van der Waals surface area contributed by atoms with E-state index in [0.717, 1.165) is 46.6 Å². The number of fused-ring (bicyclic) bond motifs is 2. The molecule has 0 spiro atoms. The first kappa shape index (κ1) is 21.6. The molecule has 1 unspecified atom stereocenters. The molecule has 0 aliphatic heterocycles. The second kappa shape index (κ2) is 10.1. The fourth-order valence-corrected chi connectivity index (χ4v) is 5.07. The van der Waals surface area contributed by atoms with Crippen molar-refractivity contribution in [3.63, 3.8) is 0 Å². The van der Waals surface area contributed by atoms with Crippen molar-refractivity contribution in [2.45, 2.75) is 51.9 Å². The predicted octanol–water partition coefficient (Wildman–Crippen LogP) is 9.11. The first-order valence-corrected chi connectivity index (χ1v) is 12.4. The van der Waals surface area contributed by atoms with E-state index in [-0.39, 0.29) is 0 Å². The SMILES string of the molecule is CCCCCC1CCc2c(c(Oc3ccccc3)c3ccccc3c2Oc2ccccc2)C1. The normalized spacial score (nSPS) is 15.2. The third-order valence-corrected chi connectivity index (χ3v) is 6.77. The maximum absolute atomic E-state index is 6.61. The van der Waals surface area contributed by atoms with E-state index in [2.05, 4.69) is 31.2 Å². The van der Waals surface area contributed by atoms with Crippen LogP contribution in [0.5, 0.6) is 23.0 Å². The van der Waals surface area contributed by atoms with Gasteiger partial charge in [-0.15, -0.1) is 0 Å². The first-order chi connectivity index (χ1) is 16.3. The van der Waals surface area contributed by atoms with E-state index in [4.69, 9.17) is 9.47 Å². The highest BCUT2D eigenvalue weighted by atomic mass is 16.5. The molecule has 0 fully saturated rings. The van der Waals surface area contributed by atoms with E-state index in [1.807, 2.05) is 60.7 Å². The molecule has 168 valence electrons. The van der Waals surface area contributed by atoms with Crippen LogP contribution in [0.25, 0.3) is 10.8 Å². The summed E-state index contributed by atoms with van der Waals surface area (Å²) in [5.74, 6) is 4.47. The van der Waals surface area contributed by atoms with Gasteiger partial charge in [0.15, 0.2) is 0 Å². The fraction of sp³-hybridized carbons (Fsp3) is 0.290. The lowest BCUT2D eigenvalue weighted by molar-refractivity contribution is 0.387. The summed E-state index contributed by atoms with van der Waals surface area (Å²) in [5.41, 5.74) is 2.64. The molecule has 0 saturated carbocycles. The number of hydrogen-bond donors (Lipinski definition) is 0. The van der Waals surface area contributed by atoms with Crippen LogP contribution in [-0.4, -0.2) is 0 Å². The summed E-state index contributed by atoms with van der Waals surface area (Å²) in [4.78, 5) is 0. The summed E-state index contributed by atoms with van der Waals surface area (Å²) in [7, 11) is 0. The van der Waals surface area contributed by atoms with Crippen molar-refractivity contribution in [3.05, 3.63) is 96.1 Å². The molecule has 0 aromatic heterocycles. The van der Waals surface area contributed by atoms with E-state index < -0.39 is 0 Å². The zero-order chi connectivity index (χ0) is 22.5. The first-order valence-electron chi connectivity index (χ1n) is 12.4. The van der Waals surface area contributed by atoms with Crippen molar-refractivity contribution >= 4 is 10.8 Å². The molecular weight excluding hydrogens is 404 g/mol. The molecule has 0 saturated heterocycles. The van der Waals surface area contributed by atoms with E-state index in [1.165, 1.54) is 43.2 Å². The standard InChI is InChI=1S/C31H32O2/c1-2-3-6-13-23-20-21-28-29(22-23)31(33-25-16-9-5-10-17-25)27-19-12-11-18-26(27)30(28)32-24-14-7-4-8-15-24/h4-5,7-12,14-19,23H,2-3,6,13,20-22H2,1H3. The molecule has 0 amide bonds. The molecule has 2 nitrogen and oxygen atoms in total. The summed E-state index contributed by atoms with van der Waals surface area (Å²) in [6, 6.07) is 28.8. The average molecular weight is 437 g/mol. The lowest BCUT2D eigenvalue weighted by atomic mass is 9.79. The minimum Gasteiger partial charge on any atom is -0.456 e. The number of rotatable bonds is 8. The highest BCUT2D eigenvalue weighted by molar-refractivity contribution is 5.96. The Morgan fingerprint density at radius 1 is 0.667 bits per heavy atom. The molecular formula is C31H32O2. The van der Waals surface area contributed by atoms with E-state index in [9.17, 15) is 0 Å². The number of hydrogen-bond acceptors (Lipinski definition) is 2. The number of benzene rings is 4. The molecule has 5 rings (SSSR count). The van der Waals surface area contributed by atoms with E-state index in [0.29, 0.717) is 5.92 Å². The third kappa shape index (κ3) is 4.75. The fourth-order valence-electron chi connectivity index (χ4n) is 5.07. The summed E-state index contributed by atoms with van der Waals surface area (Å²) >= 11 is 0. The number of ether oxygens (including phenoxy) is 2. The zero-order valence-electron chi connectivity index (χ0n) is 19.4. The van der Waals surface area contributed by atoms with Crippen LogP contribution in [0.4, 0.5) is 0 Å². The minimum atomic E-state index is 0.702. The lowest BCUT2D eigenvalue weighted by Crippen LogP contribution is -2.16. The molecule has 0 heterocycles. The van der Waals surface area contributed by atoms with Gasteiger partial charge in [-0.25, -0.2) is 0 Å². The summed E-state index contributed by atoms with van der Waals surface area (Å²) < 4.78 is 13.2. The monoisotopic (exact) mass is 436 g/mol. The molecule has 4 aromatic carbocycles. The summed E-state index contributed by atoms with van der Waals surface area (Å²) in [6.07, 6.45) is 8.49. The van der Waals surface area contributed by atoms with Crippen molar-refractivity contribution in [1.82, 2.24) is 0 Å². The molecule has 33 heavy (non-hydrogen) atoms. The summed E-state index contributed by atoms with van der Waals surface area (Å²) in [6.45, 7) is 2.28. The van der Waals surface area contributed by atoms with Crippen molar-refractivity contribution in [3.8, 4) is 23.0 Å². The Morgan fingerprint density at radius 2 is 1.21 bits per heavy atom. The molecule has 0 N–H and O–H groups in total. The summed E-state index contributed by atoms with van der Waals surface area (Å²) in [5, 5.41) is 2.25. The highest BCUT2D eigenvalue weighted by Gasteiger charge is 2.28. The van der Waals surface area contributed by atoms with Gasteiger partial charge in [0.25, 0.3) is 0 Å². The smallest absolute Gasteiger partial charge is 0.138 e. The third-order valence-electron chi connectivity index (χ3n) is 6.77. The highest BCUT2D eigenvalue weighted by Crippen LogP contribution is 2.48. The topological polar surface area (TPSA) is 18.5 Å². The van der Waals surface area contributed by atoms with Gasteiger partial charge in [0.2, 0.25) is 0 Å². The van der Waals surface area contributed by atoms with Crippen LogP contribution in [0.3, 0.4) is 0 Å². The van der Waals surface area contributed by atoms with Gasteiger partial charge in [-0.3, -0.25) is 0 Å². The Kier molecular flexibility index (Phi) is 6.62. The second-order valence-electron chi connectivity index (χ2n) is 9.10. The van der Waals surface area contributed by atoms with Crippen molar-refractivity contribution in [1.29, 1.82) is 0 Å². The minimum absolute atomic E-state index is 0.702. The molecule has 1 atom stereocenters. The van der Waals surface area contributed by atoms with Crippen LogP contribution in [0.15, 0.2) is 84.9 Å². The van der Waals surface area contributed by atoms with Crippen molar-refractivity contribution < 1.29 is 9.47 Å². The van der Waals surface area contributed by atoms with Crippen LogP contribution >= 0.6 is 0 Å². The molecule has 0 bridgehead atoms. The molecule has 1 aliphatic carbocycles. The Morgan fingerprint density at radius 3 is 1.79 bits per heavy atom. The van der Waals surface area contributed by atoms with Crippen molar-refractivity contribution in [2.24, 2.45) is 5.92 Å². The van der Waals surface area contributed by atoms with E-state index in [1.54, 1.807) is 0 Å². The maximum atomic E-state index is 6.61. The van der Waals surface area contributed by atoms with E-state index >= 15 is 0 Å². The number of unbranched alkanes of at least 4 members (excludes halogenated alkanes) is 2. The van der Waals surface area contributed by atoms with Gasteiger partial charge in [0, 0.05) is 21.9 Å². The van der Waals surface area contributed by atoms with Crippen molar-refractivity contribution in [2.75, 3.05) is 0 Å². The largest absolute Gasteiger partial charge is 0.456 e. The maximum Gasteiger partial charge on any atom is 0.138 e. The van der Waals surface area contributed by atoms with Gasteiger partial charge in [0.05, 0.1) is 0 Å². The Bertz CT molecular complexity index is 1200. The van der Waals surface area contributed by atoms with Gasteiger partial charge in [0.1, 0.15) is 23.0 Å². The number of para-hydroxylation sites is 2. The van der Waals surface area contributed by atoms with Crippen LogP contribution in [-0.2, 0) is 12.8 Å². The predicted molar refractivity (Wildman–Crippen MR) is 137 cm³/mol. The molecule has 1 aliphatic rings.